The van der Waals surface area contributed by atoms with Crippen LogP contribution in [0.3, 0.4) is 0 Å². The predicted molar refractivity (Wildman–Crippen MR) is 372 cm³/mol. The Morgan fingerprint density at radius 3 is 1.03 bits per heavy atom. The van der Waals surface area contributed by atoms with Crippen molar-refractivity contribution < 1.29 is 176 Å². The van der Waals surface area contributed by atoms with E-state index in [1.165, 1.54) is 100 Å². The largest absolute Gasteiger partial charge is 0.416 e. The van der Waals surface area contributed by atoms with Gasteiger partial charge in [0.25, 0.3) is 12.0 Å². The lowest BCUT2D eigenvalue weighted by molar-refractivity contribution is -0.781. The van der Waals surface area contributed by atoms with Gasteiger partial charge in [-0.3, -0.25) is 15.0 Å². The zero-order valence-electron chi connectivity index (χ0n) is 63.0. The summed E-state index contributed by atoms with van der Waals surface area (Å²) in [4.78, 5) is 16.0. The Bertz CT molecular complexity index is 4790. The number of alkyl halides is 24. The zero-order valence-corrected chi connectivity index (χ0v) is 63.0. The topological polar surface area (TPSA) is 151 Å². The van der Waals surface area contributed by atoms with E-state index in [-0.39, 0.29) is 90.9 Å². The van der Waals surface area contributed by atoms with Gasteiger partial charge in [0.15, 0.2) is 12.6 Å². The lowest BCUT2D eigenvalue weighted by Crippen LogP contribution is -2.47. The lowest BCUT2D eigenvalue weighted by Gasteiger charge is -2.34. The van der Waals surface area contributed by atoms with Crippen LogP contribution < -0.4 is 10.6 Å². The number of aliphatic imine (C=N–C) groups is 1. The standard InChI is InChI=1S/C20H16F7NO3.C20H17F7NO3.C20H18F7NO2.C20H16F7NO2/c1-10(12-6-13(19(22,23)24)8-14(7-12)20(25,26)27)31-18-17(28-16(29)9-30-18)11-2-4-15(21)5-3-11;1-11(13-8-14(19(22,23)24)10-15(9-13)20(25,26)27)31-18-17(28(29)6-7-30-18)12-2-4-16(21)5-3-12;2*1-11(13-8-14(19(22,23)24)10-15(9-13)20(25,26)27)30-18-17(28-6-7-29-18)12-2-4-16(21)5-3-12/h2-8,10,17-18H,9H2,1H3,(H,28,29);2-5,8-11,18,29H,6-7H2,1H3;2-5,8-11,17-18,28H,6-7H2,1H3;2-5,8-11,18H,6-7H2,1H3/q;+1;;/t10-,17+,18-;11-,18-;11-,17+,18-;11-,18-/m1111/s1. The summed E-state index contributed by atoms with van der Waals surface area (Å²) in [6.45, 7) is 5.87. The van der Waals surface area contributed by atoms with Gasteiger partial charge in [-0.2, -0.15) is 105 Å². The molecule has 2 saturated heterocycles. The molecule has 122 heavy (non-hydrogen) atoms. The Kier molecular flexibility index (Phi) is 30.5. The van der Waals surface area contributed by atoms with E-state index in [4.69, 9.17) is 37.9 Å². The number of hydrogen-bond donors (Lipinski definition) is 3. The van der Waals surface area contributed by atoms with Gasteiger partial charge >= 0.3 is 49.4 Å². The van der Waals surface area contributed by atoms with Crippen LogP contribution in [0.5, 0.6) is 0 Å². The molecule has 3 N–H and O–H groups in total. The molecule has 0 spiro atoms. The van der Waals surface area contributed by atoms with E-state index in [1.54, 1.807) is 0 Å². The first-order valence-corrected chi connectivity index (χ1v) is 35.8. The van der Waals surface area contributed by atoms with Gasteiger partial charge < -0.3 is 48.5 Å². The van der Waals surface area contributed by atoms with Crippen LogP contribution in [0.2, 0.25) is 0 Å². The zero-order chi connectivity index (χ0) is 90.2. The van der Waals surface area contributed by atoms with Gasteiger partial charge in [0.05, 0.1) is 106 Å². The van der Waals surface area contributed by atoms with Crippen LogP contribution in [0.4, 0.5) is 123 Å². The number of benzene rings is 8. The minimum atomic E-state index is -5.00. The molecule has 0 bridgehead atoms. The first-order chi connectivity index (χ1) is 56.6. The van der Waals surface area contributed by atoms with E-state index in [1.807, 2.05) is 0 Å². The number of carbonyl (C=O) groups is 1. The van der Waals surface area contributed by atoms with Gasteiger partial charge in [-0.25, -0.2) is 17.6 Å². The number of hydrogen-bond acceptors (Lipinski definition) is 12. The normalized spacial score (nSPS) is 20.0. The molecule has 4 heterocycles. The average molecular weight is 1780 g/mol. The highest BCUT2D eigenvalue weighted by atomic mass is 19.4. The van der Waals surface area contributed by atoms with E-state index < -0.39 is 191 Å². The Labute approximate surface area is 673 Å². The van der Waals surface area contributed by atoms with Gasteiger partial charge in [-0.15, -0.1) is 0 Å². The van der Waals surface area contributed by atoms with Crippen LogP contribution in [0.1, 0.15) is 153 Å². The molecule has 14 nitrogen and oxygen atoms in total. The van der Waals surface area contributed by atoms with E-state index in [0.717, 1.165) is 29.0 Å². The quantitative estimate of drug-likeness (QED) is 0.0482. The number of morpholine rings is 2. The molecule has 4 aliphatic heterocycles. The van der Waals surface area contributed by atoms with Crippen LogP contribution in [0.15, 0.2) is 175 Å². The average Bonchev–Trinajstić information content (AvgIpc) is 0.800. The summed E-state index contributed by atoms with van der Waals surface area (Å²) in [6, 6.07) is 23.9. The second-order valence-corrected chi connectivity index (χ2v) is 27.2. The fourth-order valence-electron chi connectivity index (χ4n) is 12.2. The molecule has 4 aliphatic rings. The van der Waals surface area contributed by atoms with Gasteiger partial charge in [0, 0.05) is 12.1 Å². The SMILES string of the molecule is C[C@@H](O[C@H]1OCC(=O)N[C@H]1c1ccc(F)cc1)c1cc(C(F)(F)F)cc(C(F)(F)F)c1.C[C@@H](O[C@H]1OCCN=C1c1ccc(F)cc1)c1cc(C(F)(F)F)cc(C(F)(F)F)c1.C[C@@H](O[C@H]1OCCN[C@H]1c1ccc(F)cc1)c1cc(C(F)(F)F)cc(C(F)(F)F)c1.C[C@@H](O[C@H]1OCC[N+](O)=C1c1ccc(F)cc1)c1cc(C(F)(F)F)cc(C(F)(F)F)c1. The van der Waals surface area contributed by atoms with Crippen molar-refractivity contribution in [2.24, 2.45) is 4.99 Å². The van der Waals surface area contributed by atoms with Crippen LogP contribution >= 0.6 is 0 Å². The molecule has 8 aromatic carbocycles. The third-order valence-electron chi connectivity index (χ3n) is 18.3. The highest BCUT2D eigenvalue weighted by Gasteiger charge is 2.45. The molecule has 0 unspecified atom stereocenters. The van der Waals surface area contributed by atoms with Crippen LogP contribution in [0, 0.1) is 23.3 Å². The van der Waals surface area contributed by atoms with E-state index >= 15 is 0 Å². The molecule has 42 heteroatoms. The highest BCUT2D eigenvalue weighted by Crippen LogP contribution is 2.45. The molecule has 0 radical (unpaired) electrons. The second-order valence-electron chi connectivity index (χ2n) is 27.2. The molecule has 2 fully saturated rings. The summed E-state index contributed by atoms with van der Waals surface area (Å²) in [6.07, 6.45) is -49.3. The van der Waals surface area contributed by atoms with Crippen molar-refractivity contribution in [3.8, 4) is 0 Å². The third-order valence-corrected chi connectivity index (χ3v) is 18.3. The number of amides is 1. The van der Waals surface area contributed by atoms with Gasteiger partial charge in [-0.05, 0) is 199 Å². The molecule has 0 saturated carbocycles. The summed E-state index contributed by atoms with van der Waals surface area (Å²) < 4.78 is 412. The van der Waals surface area contributed by atoms with Crippen molar-refractivity contribution in [2.75, 3.05) is 46.1 Å². The van der Waals surface area contributed by atoms with Crippen molar-refractivity contribution in [2.45, 2.75) is 139 Å². The molecular weight excluding hydrogens is 1710 g/mol. The van der Waals surface area contributed by atoms with Crippen molar-refractivity contribution in [3.63, 3.8) is 0 Å². The van der Waals surface area contributed by atoms with Crippen LogP contribution in [-0.2, 0) is 92.1 Å². The fraction of sp³-hybridized carbons (Fsp3) is 0.362. The molecule has 8 aromatic rings. The number of halogens is 28. The monoisotopic (exact) mass is 1780 g/mol. The van der Waals surface area contributed by atoms with Crippen molar-refractivity contribution in [3.05, 3.63) is 282 Å². The van der Waals surface area contributed by atoms with E-state index in [0.29, 0.717) is 77.3 Å². The first kappa shape index (κ1) is 95.9. The molecule has 0 aromatic heterocycles. The molecule has 1 amide bonds. The molecular formula is C80H67F28N4O10+. The molecule has 12 rings (SSSR count). The minimum absolute atomic E-state index is 0.0189. The molecule has 662 valence electrons. The van der Waals surface area contributed by atoms with Crippen molar-refractivity contribution in [1.29, 1.82) is 0 Å². The summed E-state index contributed by atoms with van der Waals surface area (Å²) >= 11 is 0. The molecule has 0 aliphatic carbocycles. The third kappa shape index (κ3) is 26.3. The number of ether oxygens (including phenoxy) is 8. The maximum Gasteiger partial charge on any atom is 0.416 e. The number of rotatable bonds is 16. The Balaban J connectivity index is 0.000000185. The summed E-state index contributed by atoms with van der Waals surface area (Å²) in [5.41, 5.74) is -10.9. The van der Waals surface area contributed by atoms with Crippen molar-refractivity contribution >= 4 is 17.3 Å². The van der Waals surface area contributed by atoms with E-state index in [2.05, 4.69) is 15.6 Å². The van der Waals surface area contributed by atoms with Crippen LogP contribution in [-0.4, -0.2) is 98.5 Å². The second kappa shape index (κ2) is 38.9. The summed E-state index contributed by atoms with van der Waals surface area (Å²) in [7, 11) is 0. The number of hydroxylamine groups is 1. The smallest absolute Gasteiger partial charge is 0.349 e. The van der Waals surface area contributed by atoms with E-state index in [9.17, 15) is 133 Å². The Hall–Kier alpha value is -9.95. The van der Waals surface area contributed by atoms with Crippen LogP contribution in [0.25, 0.3) is 0 Å². The van der Waals surface area contributed by atoms with Gasteiger partial charge in [-0.1, -0.05) is 36.4 Å². The fourth-order valence-corrected chi connectivity index (χ4v) is 12.2. The Morgan fingerprint density at radius 1 is 0.377 bits per heavy atom. The molecule has 10 atom stereocenters. The summed E-state index contributed by atoms with van der Waals surface area (Å²) in [5, 5.41) is 15.9. The lowest BCUT2D eigenvalue weighted by atomic mass is 10.0. The Morgan fingerprint density at radius 2 is 0.680 bits per heavy atom. The number of nitrogens with one attached hydrogen (secondary N) is 2. The maximum absolute atomic E-state index is 13.2. The predicted octanol–water partition coefficient (Wildman–Crippen LogP) is 21.8. The number of nitrogens with zero attached hydrogens (tertiary/aromatic N) is 2. The first-order valence-electron chi connectivity index (χ1n) is 35.8. The number of carbonyl (C=O) groups excluding carboxylic acids is 1. The van der Waals surface area contributed by atoms with Gasteiger partial charge in [0.2, 0.25) is 18.7 Å². The van der Waals surface area contributed by atoms with Gasteiger partial charge in [0.1, 0.15) is 42.5 Å². The minimum Gasteiger partial charge on any atom is -0.349 e. The highest BCUT2D eigenvalue weighted by molar-refractivity contribution is 6.03. The maximum atomic E-state index is 13.2. The summed E-state index contributed by atoms with van der Waals surface area (Å²) in [5.74, 6) is -2.53. The van der Waals surface area contributed by atoms with Crippen molar-refractivity contribution in [1.82, 2.24) is 10.6 Å².